The standard InChI is InChI=1S/C7H5FN2O4.C5H5NO2/c1-4-2-5(8)7(10(13)14)3-6(4)9(11)12;1-6-4(7)2-3-5(6)8/h2-3H,1H3;2-3H,1H3. The van der Waals surface area contributed by atoms with Crippen molar-refractivity contribution in [1.82, 2.24) is 4.90 Å². The summed E-state index contributed by atoms with van der Waals surface area (Å²) in [5.41, 5.74) is -1.29. The van der Waals surface area contributed by atoms with Crippen molar-refractivity contribution in [2.45, 2.75) is 6.92 Å². The lowest BCUT2D eigenvalue weighted by Crippen LogP contribution is -2.24. The molecule has 2 amide bonds. The van der Waals surface area contributed by atoms with Crippen molar-refractivity contribution in [2.24, 2.45) is 0 Å². The number of imide groups is 1. The number of amides is 2. The van der Waals surface area contributed by atoms with Crippen molar-refractivity contribution in [3.8, 4) is 0 Å². The molecule has 0 spiro atoms. The van der Waals surface area contributed by atoms with E-state index in [-0.39, 0.29) is 17.4 Å². The maximum atomic E-state index is 12.9. The van der Waals surface area contributed by atoms with Crippen molar-refractivity contribution in [3.63, 3.8) is 0 Å². The van der Waals surface area contributed by atoms with E-state index in [2.05, 4.69) is 0 Å². The molecule has 0 unspecified atom stereocenters. The van der Waals surface area contributed by atoms with Crippen LogP contribution < -0.4 is 0 Å². The van der Waals surface area contributed by atoms with Crippen molar-refractivity contribution < 1.29 is 23.8 Å². The number of halogens is 1. The average Bonchev–Trinajstić information content (AvgIpc) is 2.70. The summed E-state index contributed by atoms with van der Waals surface area (Å²) in [6.45, 7) is 1.31. The molecule has 10 heteroatoms. The van der Waals surface area contributed by atoms with Crippen LogP contribution in [0, 0.1) is 33.0 Å². The highest BCUT2D eigenvalue weighted by atomic mass is 19.1. The van der Waals surface area contributed by atoms with E-state index in [0.717, 1.165) is 11.0 Å². The van der Waals surface area contributed by atoms with Crippen LogP contribution in [0.15, 0.2) is 24.3 Å². The normalized spacial score (nSPS) is 13.0. The quantitative estimate of drug-likeness (QED) is 0.463. The third-order valence-electron chi connectivity index (χ3n) is 2.69. The van der Waals surface area contributed by atoms with Crippen molar-refractivity contribution in [2.75, 3.05) is 7.05 Å². The van der Waals surface area contributed by atoms with Crippen molar-refractivity contribution in [1.29, 1.82) is 0 Å². The van der Waals surface area contributed by atoms with Crippen LogP contribution >= 0.6 is 0 Å². The molecule has 0 bridgehead atoms. The fourth-order valence-electron chi connectivity index (χ4n) is 1.46. The van der Waals surface area contributed by atoms with Gasteiger partial charge in [0.1, 0.15) is 0 Å². The lowest BCUT2D eigenvalue weighted by Gasteiger charge is -2.01. The van der Waals surface area contributed by atoms with Gasteiger partial charge in [0.2, 0.25) is 5.82 Å². The Morgan fingerprint density at radius 1 is 1.00 bits per heavy atom. The van der Waals surface area contributed by atoms with Gasteiger partial charge in [0.25, 0.3) is 17.5 Å². The second-order valence-electron chi connectivity index (χ2n) is 4.17. The van der Waals surface area contributed by atoms with Crippen molar-refractivity contribution >= 4 is 23.2 Å². The van der Waals surface area contributed by atoms with Gasteiger partial charge in [-0.3, -0.25) is 34.7 Å². The minimum absolute atomic E-state index is 0.0538. The lowest BCUT2D eigenvalue weighted by atomic mass is 10.2. The second kappa shape index (κ2) is 6.52. The monoisotopic (exact) mass is 311 g/mol. The molecule has 0 radical (unpaired) electrons. The van der Waals surface area contributed by atoms with Gasteiger partial charge in [0.15, 0.2) is 0 Å². The first kappa shape index (κ1) is 16.9. The third kappa shape index (κ3) is 3.69. The maximum absolute atomic E-state index is 12.9. The van der Waals surface area contributed by atoms with Gasteiger partial charge < -0.3 is 0 Å². The number of nitro groups is 2. The molecular weight excluding hydrogens is 301 g/mol. The third-order valence-corrected chi connectivity index (χ3v) is 2.69. The first-order valence-corrected chi connectivity index (χ1v) is 5.73. The molecular formula is C12H10FN3O6. The zero-order valence-corrected chi connectivity index (χ0v) is 11.5. The average molecular weight is 311 g/mol. The largest absolute Gasteiger partial charge is 0.311 e. The van der Waals surface area contributed by atoms with Gasteiger partial charge in [0, 0.05) is 24.8 Å². The summed E-state index contributed by atoms with van der Waals surface area (Å²) in [6.07, 6.45) is 2.50. The smallest absolute Gasteiger partial charge is 0.279 e. The van der Waals surface area contributed by atoms with Gasteiger partial charge in [-0.2, -0.15) is 4.39 Å². The number of likely N-dealkylation sites (N-methyl/N-ethyl adjacent to an activating group) is 1. The van der Waals surface area contributed by atoms with Crippen molar-refractivity contribution in [3.05, 3.63) is 55.9 Å². The molecule has 0 fully saturated rings. The number of carbonyl (C=O) groups excluding carboxylic acids is 2. The minimum Gasteiger partial charge on any atom is -0.279 e. The zero-order valence-electron chi connectivity index (χ0n) is 11.5. The molecule has 0 aliphatic carbocycles. The summed E-state index contributed by atoms with van der Waals surface area (Å²) in [4.78, 5) is 40.7. The molecule has 1 aliphatic rings. The number of aryl methyl sites for hydroxylation is 1. The van der Waals surface area contributed by atoms with E-state index < -0.39 is 27.0 Å². The Hall–Kier alpha value is -3.17. The van der Waals surface area contributed by atoms with E-state index in [4.69, 9.17) is 0 Å². The van der Waals surface area contributed by atoms with E-state index in [1.165, 1.54) is 26.1 Å². The van der Waals surface area contributed by atoms with Crippen LogP contribution in [-0.4, -0.2) is 33.6 Å². The lowest BCUT2D eigenvalue weighted by molar-refractivity contribution is -0.396. The number of nitrogens with zero attached hydrogens (tertiary/aromatic N) is 3. The topological polar surface area (TPSA) is 124 Å². The van der Waals surface area contributed by atoms with Crippen LogP contribution in [0.2, 0.25) is 0 Å². The number of hydrogen-bond donors (Lipinski definition) is 0. The molecule has 1 aromatic carbocycles. The first-order valence-electron chi connectivity index (χ1n) is 5.73. The Morgan fingerprint density at radius 2 is 1.45 bits per heavy atom. The fourth-order valence-corrected chi connectivity index (χ4v) is 1.46. The van der Waals surface area contributed by atoms with Gasteiger partial charge >= 0.3 is 5.69 Å². The molecule has 116 valence electrons. The molecule has 0 N–H and O–H groups in total. The zero-order chi connectivity index (χ0) is 17.0. The van der Waals surface area contributed by atoms with Crippen LogP contribution in [-0.2, 0) is 9.59 Å². The van der Waals surface area contributed by atoms with Crippen LogP contribution in [0.4, 0.5) is 15.8 Å². The molecule has 22 heavy (non-hydrogen) atoms. The van der Waals surface area contributed by atoms with Crippen LogP contribution in [0.25, 0.3) is 0 Å². The molecule has 9 nitrogen and oxygen atoms in total. The van der Waals surface area contributed by atoms with Gasteiger partial charge in [-0.1, -0.05) is 0 Å². The number of nitro benzene ring substituents is 2. The molecule has 1 aliphatic heterocycles. The molecule has 0 atom stereocenters. The molecule has 0 saturated heterocycles. The molecule has 0 aromatic heterocycles. The predicted molar refractivity (Wildman–Crippen MR) is 71.4 cm³/mol. The van der Waals surface area contributed by atoms with Gasteiger partial charge in [0.05, 0.1) is 15.9 Å². The Kier molecular flexibility index (Phi) is 5.00. The second-order valence-corrected chi connectivity index (χ2v) is 4.17. The minimum atomic E-state index is -1.07. The number of hydrogen-bond acceptors (Lipinski definition) is 6. The summed E-state index contributed by atoms with van der Waals surface area (Å²) >= 11 is 0. The maximum Gasteiger partial charge on any atom is 0.311 e. The van der Waals surface area contributed by atoms with Crippen LogP contribution in [0.1, 0.15) is 5.56 Å². The van der Waals surface area contributed by atoms with E-state index >= 15 is 0 Å². The highest BCUT2D eigenvalue weighted by Crippen LogP contribution is 2.26. The summed E-state index contributed by atoms with van der Waals surface area (Å²) in [5, 5.41) is 20.6. The number of benzene rings is 1. The van der Waals surface area contributed by atoms with Gasteiger partial charge in [-0.15, -0.1) is 0 Å². The summed E-state index contributed by atoms with van der Waals surface area (Å²) < 4.78 is 12.9. The summed E-state index contributed by atoms with van der Waals surface area (Å²) in [6, 6.07) is 1.39. The Morgan fingerprint density at radius 3 is 1.77 bits per heavy atom. The predicted octanol–water partition coefficient (Wildman–Crippen LogP) is 1.49. The number of carbonyl (C=O) groups is 2. The SMILES string of the molecule is CN1C(=O)C=CC1=O.Cc1cc(F)c([N+](=O)[O-])cc1[N+](=O)[O-]. The van der Waals surface area contributed by atoms with Crippen LogP contribution in [0.5, 0.6) is 0 Å². The highest BCUT2D eigenvalue weighted by molar-refractivity contribution is 6.12. The van der Waals surface area contributed by atoms with E-state index in [0.29, 0.717) is 6.07 Å². The highest BCUT2D eigenvalue weighted by Gasteiger charge is 2.22. The summed E-state index contributed by atoms with van der Waals surface area (Å²) in [7, 11) is 1.45. The van der Waals surface area contributed by atoms with Crippen LogP contribution in [0.3, 0.4) is 0 Å². The first-order chi connectivity index (χ1) is 10.1. The molecule has 0 saturated carbocycles. The molecule has 1 heterocycles. The van der Waals surface area contributed by atoms with E-state index in [1.54, 1.807) is 0 Å². The van der Waals surface area contributed by atoms with Gasteiger partial charge in [-0.05, 0) is 13.0 Å². The van der Waals surface area contributed by atoms with Gasteiger partial charge in [-0.25, -0.2) is 0 Å². The number of rotatable bonds is 2. The Labute approximate surface area is 122 Å². The Bertz CT molecular complexity index is 647. The van der Waals surface area contributed by atoms with E-state index in [9.17, 15) is 34.2 Å². The van der Waals surface area contributed by atoms with E-state index in [1.807, 2.05) is 0 Å². The molecule has 2 rings (SSSR count). The molecule has 1 aromatic rings. The fraction of sp³-hybridized carbons (Fsp3) is 0.167. The Balaban J connectivity index is 0.000000255. The summed E-state index contributed by atoms with van der Waals surface area (Å²) in [5.74, 6) is -1.55.